The van der Waals surface area contributed by atoms with E-state index in [0.29, 0.717) is 25.0 Å². The molecule has 6 nitrogen and oxygen atoms in total. The second kappa shape index (κ2) is 14.0. The van der Waals surface area contributed by atoms with Crippen LogP contribution in [0.15, 0.2) is 77.6 Å². The number of alkyl halides is 2. The molecule has 5 rings (SSSR count). The van der Waals surface area contributed by atoms with Gasteiger partial charge in [-0.05, 0) is 85.6 Å². The zero-order valence-electron chi connectivity index (χ0n) is 24.7. The number of Topliss-reactive ketones (excluding diaryl/α,β-unsaturated/α-hetero) is 2. The molecule has 0 aromatic heterocycles. The number of aryl methyl sites for hydroxylation is 1. The third-order valence-corrected chi connectivity index (χ3v) is 8.24. The van der Waals surface area contributed by atoms with Crippen molar-refractivity contribution in [3.63, 3.8) is 0 Å². The van der Waals surface area contributed by atoms with Gasteiger partial charge in [0.2, 0.25) is 0 Å². The van der Waals surface area contributed by atoms with Crippen LogP contribution in [0.5, 0.6) is 5.75 Å². The van der Waals surface area contributed by atoms with Crippen molar-refractivity contribution >= 4 is 28.5 Å². The highest BCUT2D eigenvalue weighted by atomic mass is 19.3. The molecule has 2 aromatic carbocycles. The number of rotatable bonds is 11. The highest BCUT2D eigenvalue weighted by Gasteiger charge is 2.28. The van der Waals surface area contributed by atoms with E-state index < -0.39 is 6.61 Å². The zero-order chi connectivity index (χ0) is 30.3. The van der Waals surface area contributed by atoms with Gasteiger partial charge in [-0.2, -0.15) is 8.78 Å². The molecule has 0 radical (unpaired) electrons. The summed E-state index contributed by atoms with van der Waals surface area (Å²) in [4.78, 5) is 30.7. The molecule has 3 unspecified atom stereocenters. The van der Waals surface area contributed by atoms with E-state index in [1.54, 1.807) is 12.1 Å². The minimum Gasteiger partial charge on any atom is -0.435 e. The minimum absolute atomic E-state index is 0.0166. The number of nitrogens with one attached hydrogen (secondary N) is 1. The Hall–Kier alpha value is -3.91. The Morgan fingerprint density at radius 3 is 2.67 bits per heavy atom. The maximum Gasteiger partial charge on any atom is 0.387 e. The number of anilines is 1. The summed E-state index contributed by atoms with van der Waals surface area (Å²) in [5, 5.41) is 3.50. The molecule has 8 heteroatoms. The number of hydrogen-bond acceptors (Lipinski definition) is 6. The van der Waals surface area contributed by atoms with Gasteiger partial charge in [0.15, 0.2) is 5.78 Å². The number of hydrogen-bond donors (Lipinski definition) is 1. The van der Waals surface area contributed by atoms with Gasteiger partial charge >= 0.3 is 6.61 Å². The van der Waals surface area contributed by atoms with E-state index in [0.717, 1.165) is 66.1 Å². The molecule has 2 aromatic rings. The van der Waals surface area contributed by atoms with Crippen molar-refractivity contribution in [1.82, 2.24) is 0 Å². The Morgan fingerprint density at radius 2 is 1.91 bits per heavy atom. The van der Waals surface area contributed by atoms with Crippen molar-refractivity contribution in [3.05, 3.63) is 89.3 Å². The number of fused-ring (bicyclic) bond motifs is 1. The summed E-state index contributed by atoms with van der Waals surface area (Å²) in [5.74, 6) is 0.353. The molecule has 43 heavy (non-hydrogen) atoms. The molecule has 1 aliphatic carbocycles. The standard InChI is InChI=1S/C35H38F2N2O4/c1-22(18-32(40)25-6-5-16-42-17-15-25)19-33(41)28-14-11-26(20-23(28)2)39-31-8-4-3-7-29-30(21-38-34(29)31)24-9-12-27(13-10-24)43-35(36)37/h3,7-14,20-22,25,29,35,39H,4-6,15-19H2,1-2H3. The fourth-order valence-electron chi connectivity index (χ4n) is 6.03. The second-order valence-electron chi connectivity index (χ2n) is 11.6. The molecule has 2 heterocycles. The molecule has 3 aliphatic rings. The summed E-state index contributed by atoms with van der Waals surface area (Å²) < 4.78 is 35.1. The number of aliphatic imine (C=N–C) groups is 1. The number of allylic oxidation sites excluding steroid dienone is 5. The van der Waals surface area contributed by atoms with Crippen LogP contribution in [0.4, 0.5) is 14.5 Å². The molecule has 2 aliphatic heterocycles. The molecule has 1 saturated heterocycles. The lowest BCUT2D eigenvalue weighted by molar-refractivity contribution is -0.124. The smallest absolute Gasteiger partial charge is 0.387 e. The lowest BCUT2D eigenvalue weighted by Crippen LogP contribution is -2.19. The summed E-state index contributed by atoms with van der Waals surface area (Å²) in [6, 6.07) is 12.3. The molecule has 3 atom stereocenters. The van der Waals surface area contributed by atoms with Crippen molar-refractivity contribution in [2.45, 2.75) is 59.0 Å². The summed E-state index contributed by atoms with van der Waals surface area (Å²) in [7, 11) is 0. The maximum absolute atomic E-state index is 13.2. The Labute approximate surface area is 251 Å². The van der Waals surface area contributed by atoms with Crippen LogP contribution >= 0.6 is 0 Å². The molecule has 0 bridgehead atoms. The van der Waals surface area contributed by atoms with E-state index in [1.165, 1.54) is 12.1 Å². The average molecular weight is 589 g/mol. The summed E-state index contributed by atoms with van der Waals surface area (Å²) in [5.41, 5.74) is 6.00. The quantitative estimate of drug-likeness (QED) is 0.213. The molecule has 1 fully saturated rings. The topological polar surface area (TPSA) is 77.0 Å². The first-order valence-corrected chi connectivity index (χ1v) is 15.0. The van der Waals surface area contributed by atoms with Crippen LogP contribution in [0.2, 0.25) is 0 Å². The van der Waals surface area contributed by atoms with Gasteiger partial charge in [-0.15, -0.1) is 0 Å². The fourth-order valence-corrected chi connectivity index (χ4v) is 6.03. The van der Waals surface area contributed by atoms with E-state index >= 15 is 0 Å². The SMILES string of the molecule is Cc1cc(NC2=CCC=CC3C(c4ccc(OC(F)F)cc4)=CN=C23)ccc1C(=O)CC(C)CC(=O)C1CCCOCC1. The Bertz CT molecular complexity index is 1450. The van der Waals surface area contributed by atoms with Crippen LogP contribution in [-0.2, 0) is 9.53 Å². The third-order valence-electron chi connectivity index (χ3n) is 8.24. The van der Waals surface area contributed by atoms with Gasteiger partial charge in [0, 0.05) is 55.3 Å². The molecule has 0 saturated carbocycles. The van der Waals surface area contributed by atoms with E-state index in [4.69, 9.17) is 9.73 Å². The van der Waals surface area contributed by atoms with Gasteiger partial charge in [0.25, 0.3) is 0 Å². The van der Waals surface area contributed by atoms with Crippen LogP contribution in [0.3, 0.4) is 0 Å². The molecular formula is C35H38F2N2O4. The van der Waals surface area contributed by atoms with Gasteiger partial charge in [0.1, 0.15) is 11.5 Å². The number of ether oxygens (including phenoxy) is 2. The predicted molar refractivity (Wildman–Crippen MR) is 165 cm³/mol. The van der Waals surface area contributed by atoms with Crippen LogP contribution in [-0.4, -0.2) is 37.1 Å². The fraction of sp³-hybridized carbons (Fsp3) is 0.400. The van der Waals surface area contributed by atoms with Crippen molar-refractivity contribution in [2.24, 2.45) is 22.7 Å². The number of nitrogens with zero attached hydrogens (tertiary/aromatic N) is 1. The van der Waals surface area contributed by atoms with E-state index in [9.17, 15) is 18.4 Å². The lowest BCUT2D eigenvalue weighted by Gasteiger charge is -2.18. The van der Waals surface area contributed by atoms with Crippen molar-refractivity contribution < 1.29 is 27.8 Å². The average Bonchev–Trinajstić information content (AvgIpc) is 3.11. The normalized spacial score (nSPS) is 20.7. The van der Waals surface area contributed by atoms with Crippen molar-refractivity contribution in [1.29, 1.82) is 0 Å². The van der Waals surface area contributed by atoms with Gasteiger partial charge in [-0.1, -0.05) is 37.3 Å². The summed E-state index contributed by atoms with van der Waals surface area (Å²) >= 11 is 0. The molecule has 1 N–H and O–H groups in total. The summed E-state index contributed by atoms with van der Waals surface area (Å²) in [6.45, 7) is 2.41. The lowest BCUT2D eigenvalue weighted by atomic mass is 9.87. The highest BCUT2D eigenvalue weighted by molar-refractivity contribution is 6.14. The number of carbonyl (C=O) groups excluding carboxylic acids is 2. The molecule has 0 amide bonds. The third kappa shape index (κ3) is 7.73. The maximum atomic E-state index is 13.2. The minimum atomic E-state index is -2.86. The Morgan fingerprint density at radius 1 is 1.09 bits per heavy atom. The number of carbonyl (C=O) groups is 2. The van der Waals surface area contributed by atoms with Crippen LogP contribution in [0.25, 0.3) is 5.57 Å². The van der Waals surface area contributed by atoms with Gasteiger partial charge in [0.05, 0.1) is 11.4 Å². The molecular weight excluding hydrogens is 550 g/mol. The van der Waals surface area contributed by atoms with Crippen molar-refractivity contribution in [3.8, 4) is 5.75 Å². The monoisotopic (exact) mass is 588 g/mol. The number of benzene rings is 2. The van der Waals surface area contributed by atoms with Crippen molar-refractivity contribution in [2.75, 3.05) is 18.5 Å². The molecule has 0 spiro atoms. The van der Waals surface area contributed by atoms with E-state index in [-0.39, 0.29) is 35.1 Å². The highest BCUT2D eigenvalue weighted by Crippen LogP contribution is 2.36. The van der Waals surface area contributed by atoms with Crippen LogP contribution < -0.4 is 10.1 Å². The predicted octanol–water partition coefficient (Wildman–Crippen LogP) is 7.95. The Kier molecular flexibility index (Phi) is 9.97. The van der Waals surface area contributed by atoms with Gasteiger partial charge in [-0.3, -0.25) is 14.6 Å². The first kappa shape index (κ1) is 30.5. The first-order valence-electron chi connectivity index (χ1n) is 15.0. The molecule has 226 valence electrons. The van der Waals surface area contributed by atoms with Gasteiger partial charge in [-0.25, -0.2) is 0 Å². The largest absolute Gasteiger partial charge is 0.435 e. The van der Waals surface area contributed by atoms with Gasteiger partial charge < -0.3 is 14.8 Å². The Balaban J connectivity index is 1.20. The number of halogens is 2. The van der Waals surface area contributed by atoms with Crippen LogP contribution in [0, 0.1) is 24.7 Å². The summed E-state index contributed by atoms with van der Waals surface area (Å²) in [6.07, 6.45) is 12.1. The number of ketones is 2. The van der Waals surface area contributed by atoms with E-state index in [1.807, 2.05) is 38.2 Å². The van der Waals surface area contributed by atoms with Crippen LogP contribution in [0.1, 0.15) is 66.9 Å². The second-order valence-corrected chi connectivity index (χ2v) is 11.6. The zero-order valence-corrected chi connectivity index (χ0v) is 24.7. The first-order chi connectivity index (χ1) is 20.8. The van der Waals surface area contributed by atoms with E-state index in [2.05, 4.69) is 28.3 Å².